The van der Waals surface area contributed by atoms with E-state index in [0.717, 1.165) is 36.6 Å². The molecule has 5 nitrogen and oxygen atoms in total. The second-order valence-electron chi connectivity index (χ2n) is 7.26. The fourth-order valence-electron chi connectivity index (χ4n) is 3.64. The van der Waals surface area contributed by atoms with Gasteiger partial charge in [0.05, 0.1) is 18.8 Å². The van der Waals surface area contributed by atoms with Crippen LogP contribution in [0.3, 0.4) is 0 Å². The van der Waals surface area contributed by atoms with Crippen molar-refractivity contribution in [3.05, 3.63) is 52.8 Å². The van der Waals surface area contributed by atoms with E-state index >= 15 is 0 Å². The minimum Gasteiger partial charge on any atom is -0.351 e. The van der Waals surface area contributed by atoms with Gasteiger partial charge in [-0.05, 0) is 45.3 Å². The standard InChI is InChI=1S/C21H30N4O/c1-17-20(14-22-21(26)16-24-12-8-3-4-9-13-24)18(2)25(23-17)15-19-10-6-5-7-11-19/h5-7,10-11H,3-4,8-9,12-16H2,1-2H3,(H,22,26). The normalized spacial score (nSPS) is 15.6. The lowest BCUT2D eigenvalue weighted by molar-refractivity contribution is -0.122. The fourth-order valence-corrected chi connectivity index (χ4v) is 3.64. The molecule has 1 aromatic heterocycles. The molecule has 1 fully saturated rings. The average Bonchev–Trinajstić information content (AvgIpc) is 2.81. The number of nitrogens with one attached hydrogen (secondary N) is 1. The monoisotopic (exact) mass is 354 g/mol. The van der Waals surface area contributed by atoms with Gasteiger partial charge < -0.3 is 5.32 Å². The number of nitrogens with zero attached hydrogens (tertiary/aromatic N) is 3. The molecule has 0 unspecified atom stereocenters. The number of aryl methyl sites for hydroxylation is 1. The zero-order chi connectivity index (χ0) is 18.4. The van der Waals surface area contributed by atoms with Crippen molar-refractivity contribution < 1.29 is 4.79 Å². The molecule has 0 aliphatic carbocycles. The topological polar surface area (TPSA) is 50.2 Å². The van der Waals surface area contributed by atoms with Gasteiger partial charge in [0.2, 0.25) is 5.91 Å². The number of rotatable bonds is 6. The van der Waals surface area contributed by atoms with Gasteiger partial charge in [0, 0.05) is 17.8 Å². The largest absolute Gasteiger partial charge is 0.351 e. The molecule has 0 saturated carbocycles. The average molecular weight is 354 g/mol. The number of carbonyl (C=O) groups excluding carboxylic acids is 1. The summed E-state index contributed by atoms with van der Waals surface area (Å²) in [5.41, 5.74) is 4.48. The minimum absolute atomic E-state index is 0.113. The van der Waals surface area contributed by atoms with Crippen LogP contribution in [0.5, 0.6) is 0 Å². The third-order valence-corrected chi connectivity index (χ3v) is 5.23. The molecule has 0 atom stereocenters. The molecule has 1 aromatic carbocycles. The summed E-state index contributed by atoms with van der Waals surface area (Å²) in [6.07, 6.45) is 4.99. The molecule has 1 amide bonds. The Kier molecular flexibility index (Phi) is 6.45. The van der Waals surface area contributed by atoms with Crippen LogP contribution in [-0.4, -0.2) is 40.2 Å². The van der Waals surface area contributed by atoms with Crippen LogP contribution in [0.25, 0.3) is 0 Å². The number of carbonyl (C=O) groups is 1. The zero-order valence-corrected chi connectivity index (χ0v) is 16.0. The van der Waals surface area contributed by atoms with Crippen molar-refractivity contribution in [1.82, 2.24) is 20.0 Å². The smallest absolute Gasteiger partial charge is 0.234 e. The third kappa shape index (κ3) is 4.94. The summed E-state index contributed by atoms with van der Waals surface area (Å²) in [5.74, 6) is 0.113. The first-order chi connectivity index (χ1) is 12.6. The van der Waals surface area contributed by atoms with Gasteiger partial charge in [-0.3, -0.25) is 14.4 Å². The van der Waals surface area contributed by atoms with Gasteiger partial charge in [0.25, 0.3) is 0 Å². The molecule has 0 spiro atoms. The van der Waals surface area contributed by atoms with Gasteiger partial charge in [-0.15, -0.1) is 0 Å². The lowest BCUT2D eigenvalue weighted by Crippen LogP contribution is -2.37. The van der Waals surface area contributed by atoms with E-state index < -0.39 is 0 Å². The molecule has 0 bridgehead atoms. The van der Waals surface area contributed by atoms with E-state index in [-0.39, 0.29) is 5.91 Å². The molecule has 5 heteroatoms. The van der Waals surface area contributed by atoms with Gasteiger partial charge in [-0.1, -0.05) is 43.2 Å². The number of benzene rings is 1. The summed E-state index contributed by atoms with van der Waals surface area (Å²) >= 11 is 0. The highest BCUT2D eigenvalue weighted by Crippen LogP contribution is 2.15. The van der Waals surface area contributed by atoms with Crippen LogP contribution >= 0.6 is 0 Å². The molecule has 1 aliphatic heterocycles. The van der Waals surface area contributed by atoms with Crippen molar-refractivity contribution in [2.75, 3.05) is 19.6 Å². The Hall–Kier alpha value is -2.14. The fraction of sp³-hybridized carbons (Fsp3) is 0.524. The summed E-state index contributed by atoms with van der Waals surface area (Å²) in [5, 5.41) is 7.76. The molecule has 140 valence electrons. The van der Waals surface area contributed by atoms with Gasteiger partial charge >= 0.3 is 0 Å². The SMILES string of the molecule is Cc1nn(Cc2ccccc2)c(C)c1CNC(=O)CN1CCCCCC1. The zero-order valence-electron chi connectivity index (χ0n) is 16.0. The van der Waals surface area contributed by atoms with Gasteiger partial charge in [0.1, 0.15) is 0 Å². The predicted octanol–water partition coefficient (Wildman–Crippen LogP) is 3.04. The van der Waals surface area contributed by atoms with Crippen LogP contribution in [0.15, 0.2) is 30.3 Å². The van der Waals surface area contributed by atoms with Crippen molar-refractivity contribution in [2.45, 2.75) is 52.6 Å². The van der Waals surface area contributed by atoms with Crippen molar-refractivity contribution in [3.63, 3.8) is 0 Å². The minimum atomic E-state index is 0.113. The molecule has 1 saturated heterocycles. The lowest BCUT2D eigenvalue weighted by atomic mass is 10.2. The van der Waals surface area contributed by atoms with Gasteiger partial charge in [-0.2, -0.15) is 5.10 Å². The van der Waals surface area contributed by atoms with E-state index in [1.165, 1.54) is 31.2 Å². The molecule has 26 heavy (non-hydrogen) atoms. The predicted molar refractivity (Wildman–Crippen MR) is 104 cm³/mol. The summed E-state index contributed by atoms with van der Waals surface area (Å²) in [4.78, 5) is 14.6. The number of amides is 1. The first kappa shape index (κ1) is 18.6. The van der Waals surface area contributed by atoms with E-state index in [0.29, 0.717) is 13.1 Å². The summed E-state index contributed by atoms with van der Waals surface area (Å²) in [6, 6.07) is 10.3. The first-order valence-corrected chi connectivity index (χ1v) is 9.69. The number of hydrogen-bond donors (Lipinski definition) is 1. The van der Waals surface area contributed by atoms with E-state index in [2.05, 4.69) is 34.4 Å². The van der Waals surface area contributed by atoms with Crippen LogP contribution in [0.4, 0.5) is 0 Å². The Balaban J connectivity index is 1.56. The van der Waals surface area contributed by atoms with Crippen molar-refractivity contribution >= 4 is 5.91 Å². The molecule has 1 N–H and O–H groups in total. The maximum absolute atomic E-state index is 12.3. The van der Waals surface area contributed by atoms with Crippen molar-refractivity contribution in [2.24, 2.45) is 0 Å². The Labute approximate surface area is 156 Å². The van der Waals surface area contributed by atoms with Crippen LogP contribution in [0.2, 0.25) is 0 Å². The van der Waals surface area contributed by atoms with E-state index in [4.69, 9.17) is 0 Å². The third-order valence-electron chi connectivity index (χ3n) is 5.23. The highest BCUT2D eigenvalue weighted by atomic mass is 16.2. The summed E-state index contributed by atoms with van der Waals surface area (Å²) in [7, 11) is 0. The van der Waals surface area contributed by atoms with Gasteiger partial charge in [-0.25, -0.2) is 0 Å². The number of aromatic nitrogens is 2. The molecule has 2 heterocycles. The quantitative estimate of drug-likeness (QED) is 0.867. The lowest BCUT2D eigenvalue weighted by Gasteiger charge is -2.19. The van der Waals surface area contributed by atoms with Crippen LogP contribution < -0.4 is 5.32 Å². The van der Waals surface area contributed by atoms with E-state index in [1.807, 2.05) is 29.8 Å². The Morgan fingerprint density at radius 1 is 1.08 bits per heavy atom. The first-order valence-electron chi connectivity index (χ1n) is 9.69. The summed E-state index contributed by atoms with van der Waals surface area (Å²) < 4.78 is 2.03. The number of likely N-dealkylation sites (tertiary alicyclic amines) is 1. The Morgan fingerprint density at radius 3 is 2.46 bits per heavy atom. The summed E-state index contributed by atoms with van der Waals surface area (Å²) in [6.45, 7) is 8.01. The molecule has 2 aromatic rings. The number of hydrogen-bond acceptors (Lipinski definition) is 3. The molecule has 3 rings (SSSR count). The van der Waals surface area contributed by atoms with Crippen LogP contribution in [0, 0.1) is 13.8 Å². The van der Waals surface area contributed by atoms with E-state index in [1.54, 1.807) is 0 Å². The van der Waals surface area contributed by atoms with E-state index in [9.17, 15) is 4.79 Å². The van der Waals surface area contributed by atoms with Crippen LogP contribution in [0.1, 0.15) is 48.2 Å². The highest BCUT2D eigenvalue weighted by molar-refractivity contribution is 5.78. The second kappa shape index (κ2) is 8.99. The second-order valence-corrected chi connectivity index (χ2v) is 7.26. The molecule has 0 radical (unpaired) electrons. The maximum atomic E-state index is 12.3. The van der Waals surface area contributed by atoms with Crippen molar-refractivity contribution in [3.8, 4) is 0 Å². The van der Waals surface area contributed by atoms with Crippen molar-refractivity contribution in [1.29, 1.82) is 0 Å². The highest BCUT2D eigenvalue weighted by Gasteiger charge is 2.15. The molecule has 1 aliphatic rings. The molecular formula is C21H30N4O. The maximum Gasteiger partial charge on any atom is 0.234 e. The van der Waals surface area contributed by atoms with Crippen LogP contribution in [-0.2, 0) is 17.9 Å². The molecular weight excluding hydrogens is 324 g/mol. The Bertz CT molecular complexity index is 715. The Morgan fingerprint density at radius 2 is 1.77 bits per heavy atom. The van der Waals surface area contributed by atoms with Gasteiger partial charge in [0.15, 0.2) is 0 Å².